The first-order valence-electron chi connectivity index (χ1n) is 12.9. The fraction of sp³-hybridized carbons (Fsp3) is 0.267. The molecule has 7 nitrogen and oxygen atoms in total. The number of nitrogens with zero attached hydrogens (tertiary/aromatic N) is 4. The number of imidazole rings is 1. The van der Waals surface area contributed by atoms with Crippen molar-refractivity contribution in [2.75, 3.05) is 13.2 Å². The predicted molar refractivity (Wildman–Crippen MR) is 141 cm³/mol. The first-order chi connectivity index (χ1) is 18.2. The van der Waals surface area contributed by atoms with Crippen molar-refractivity contribution >= 4 is 22.6 Å². The van der Waals surface area contributed by atoms with Crippen molar-refractivity contribution in [2.24, 2.45) is 0 Å². The Kier molecular flexibility index (Phi) is 5.25. The summed E-state index contributed by atoms with van der Waals surface area (Å²) in [6.45, 7) is 1.34. The van der Waals surface area contributed by atoms with E-state index in [1.807, 2.05) is 48.9 Å². The largest absolute Gasteiger partial charge is 0.376 e. The number of pyridine rings is 1. The number of carbonyl (C=O) groups is 1. The molecule has 1 saturated heterocycles. The van der Waals surface area contributed by atoms with Crippen molar-refractivity contribution in [3.63, 3.8) is 0 Å². The van der Waals surface area contributed by atoms with Crippen LogP contribution in [0.4, 0.5) is 0 Å². The molecule has 1 atom stereocenters. The monoisotopic (exact) mass is 489 g/mol. The third-order valence-electron chi connectivity index (χ3n) is 7.76. The van der Waals surface area contributed by atoms with Crippen molar-refractivity contribution in [1.82, 2.24) is 24.7 Å². The average molecular weight is 490 g/mol. The summed E-state index contributed by atoms with van der Waals surface area (Å²) in [5.41, 5.74) is 6.02. The topological polar surface area (TPSA) is 81.4 Å². The second-order valence-electron chi connectivity index (χ2n) is 10.1. The summed E-state index contributed by atoms with van der Waals surface area (Å²) in [6, 6.07) is 18.3. The Morgan fingerprint density at radius 2 is 1.89 bits per heavy atom. The van der Waals surface area contributed by atoms with Crippen LogP contribution in [0.5, 0.6) is 0 Å². The van der Waals surface area contributed by atoms with Crippen LogP contribution in [0.15, 0.2) is 79.4 Å². The van der Waals surface area contributed by atoms with Crippen molar-refractivity contribution < 1.29 is 9.53 Å². The zero-order chi connectivity index (χ0) is 24.8. The molecule has 7 rings (SSSR count). The number of fused-ring (bicyclic) bond motifs is 2. The summed E-state index contributed by atoms with van der Waals surface area (Å²) in [5.74, 6) is 0.617. The lowest BCUT2D eigenvalue weighted by Gasteiger charge is -2.17. The van der Waals surface area contributed by atoms with Crippen molar-refractivity contribution in [2.45, 2.75) is 37.2 Å². The number of carbonyl (C=O) groups excluding carboxylic acids is 1. The highest BCUT2D eigenvalue weighted by Gasteiger charge is 2.48. The Labute approximate surface area is 214 Å². The highest BCUT2D eigenvalue weighted by atomic mass is 16.5. The minimum absolute atomic E-state index is 0.0608. The van der Waals surface area contributed by atoms with Crippen LogP contribution in [0, 0.1) is 0 Å². The van der Waals surface area contributed by atoms with Gasteiger partial charge in [0.15, 0.2) is 0 Å². The molecule has 4 heterocycles. The van der Waals surface area contributed by atoms with Gasteiger partial charge in [-0.3, -0.25) is 14.2 Å². The van der Waals surface area contributed by atoms with Gasteiger partial charge in [0.25, 0.3) is 5.91 Å². The highest BCUT2D eigenvalue weighted by Crippen LogP contribution is 2.53. The van der Waals surface area contributed by atoms with Crippen LogP contribution in [0.1, 0.15) is 47.3 Å². The van der Waals surface area contributed by atoms with Gasteiger partial charge >= 0.3 is 0 Å². The third kappa shape index (κ3) is 3.96. The van der Waals surface area contributed by atoms with Crippen molar-refractivity contribution in [1.29, 1.82) is 0 Å². The smallest absolute Gasteiger partial charge is 0.251 e. The summed E-state index contributed by atoms with van der Waals surface area (Å²) in [5, 5.41) is 4.14. The minimum atomic E-state index is -0.0752. The van der Waals surface area contributed by atoms with E-state index in [4.69, 9.17) is 4.74 Å². The van der Waals surface area contributed by atoms with Crippen LogP contribution in [0.3, 0.4) is 0 Å². The van der Waals surface area contributed by atoms with Gasteiger partial charge in [-0.2, -0.15) is 0 Å². The molecule has 37 heavy (non-hydrogen) atoms. The number of hydrogen-bond acceptors (Lipinski definition) is 5. The first-order valence-corrected chi connectivity index (χ1v) is 12.9. The van der Waals surface area contributed by atoms with Crippen LogP contribution >= 0.6 is 0 Å². The van der Waals surface area contributed by atoms with Crippen molar-refractivity contribution in [3.8, 4) is 11.1 Å². The van der Waals surface area contributed by atoms with Crippen LogP contribution in [0.2, 0.25) is 0 Å². The molecule has 0 radical (unpaired) electrons. The number of aromatic nitrogens is 4. The molecule has 7 heteroatoms. The van der Waals surface area contributed by atoms with Gasteiger partial charge in [0, 0.05) is 53.7 Å². The number of nitrogens with one attached hydrogen (secondary N) is 1. The average Bonchev–Trinajstić information content (AvgIpc) is 3.37. The van der Waals surface area contributed by atoms with Gasteiger partial charge < -0.3 is 10.1 Å². The number of amides is 1. The maximum Gasteiger partial charge on any atom is 0.251 e. The molecular formula is C30H27N5O2. The number of hydrogen-bond donors (Lipinski definition) is 1. The Balaban J connectivity index is 1.17. The molecule has 5 aromatic rings. The SMILES string of the molecule is O=C(NCC1CCCO1)c1ccc(-c2cnc3ncc(C4(c5ccc6ncccc6c5)CC4)n3c2)cc1. The molecule has 2 fully saturated rings. The zero-order valence-electron chi connectivity index (χ0n) is 20.4. The molecular weight excluding hydrogens is 462 g/mol. The summed E-state index contributed by atoms with van der Waals surface area (Å²) >= 11 is 0. The van der Waals surface area contributed by atoms with E-state index in [0.717, 1.165) is 60.0 Å². The van der Waals surface area contributed by atoms with Crippen LogP contribution in [-0.2, 0) is 10.2 Å². The summed E-state index contributed by atoms with van der Waals surface area (Å²) in [7, 11) is 0. The minimum Gasteiger partial charge on any atom is -0.376 e. The lowest BCUT2D eigenvalue weighted by atomic mass is 9.91. The third-order valence-corrected chi connectivity index (χ3v) is 7.76. The molecule has 1 saturated carbocycles. The quantitative estimate of drug-likeness (QED) is 0.366. The maximum absolute atomic E-state index is 12.6. The normalized spacial score (nSPS) is 18.3. The highest BCUT2D eigenvalue weighted by molar-refractivity contribution is 5.94. The van der Waals surface area contributed by atoms with E-state index in [1.54, 1.807) is 0 Å². The van der Waals surface area contributed by atoms with E-state index in [0.29, 0.717) is 17.9 Å². The number of ether oxygens (including phenoxy) is 1. The van der Waals surface area contributed by atoms with Crippen LogP contribution in [-0.4, -0.2) is 44.5 Å². The molecule has 1 amide bonds. The molecule has 1 unspecified atom stereocenters. The second kappa shape index (κ2) is 8.78. The standard InChI is InChI=1S/C30H27N5O2/c36-28(32-17-25-4-2-14-37-25)21-7-5-20(6-8-21)23-16-33-29-34-18-27(35(29)19-23)30(11-12-30)24-9-10-26-22(15-24)3-1-13-31-26/h1,3,5-10,13,15-16,18-19,25H,2,4,11-12,14,17H2,(H,32,36). The molecule has 3 aromatic heterocycles. The van der Waals surface area contributed by atoms with Gasteiger partial charge in [-0.05, 0) is 67.1 Å². The van der Waals surface area contributed by atoms with Gasteiger partial charge in [0.05, 0.1) is 23.5 Å². The molecule has 2 aromatic carbocycles. The maximum atomic E-state index is 12.6. The Hall–Kier alpha value is -4.10. The summed E-state index contributed by atoms with van der Waals surface area (Å²) in [6.07, 6.45) is 12.1. The van der Waals surface area contributed by atoms with E-state index in [2.05, 4.69) is 55.1 Å². The Morgan fingerprint density at radius 3 is 2.70 bits per heavy atom. The summed E-state index contributed by atoms with van der Waals surface area (Å²) < 4.78 is 7.72. The van der Waals surface area contributed by atoms with Gasteiger partial charge in [-0.15, -0.1) is 0 Å². The first kappa shape index (κ1) is 22.1. The zero-order valence-corrected chi connectivity index (χ0v) is 20.4. The van der Waals surface area contributed by atoms with Crippen molar-refractivity contribution in [3.05, 3.63) is 96.2 Å². The fourth-order valence-corrected chi connectivity index (χ4v) is 5.50. The van der Waals surface area contributed by atoms with Gasteiger partial charge in [-0.25, -0.2) is 9.97 Å². The van der Waals surface area contributed by atoms with Gasteiger partial charge in [0.2, 0.25) is 5.78 Å². The van der Waals surface area contributed by atoms with Crippen LogP contribution < -0.4 is 5.32 Å². The molecule has 1 aliphatic carbocycles. The molecule has 0 spiro atoms. The Bertz CT molecular complexity index is 1610. The van der Waals surface area contributed by atoms with Gasteiger partial charge in [-0.1, -0.05) is 24.3 Å². The fourth-order valence-electron chi connectivity index (χ4n) is 5.50. The van der Waals surface area contributed by atoms with E-state index in [-0.39, 0.29) is 17.4 Å². The number of rotatable bonds is 6. The lowest BCUT2D eigenvalue weighted by Crippen LogP contribution is -2.31. The summed E-state index contributed by atoms with van der Waals surface area (Å²) in [4.78, 5) is 26.3. The van der Waals surface area contributed by atoms with E-state index in [1.165, 1.54) is 5.56 Å². The predicted octanol–water partition coefficient (Wildman–Crippen LogP) is 4.93. The van der Waals surface area contributed by atoms with Crippen LogP contribution in [0.25, 0.3) is 27.8 Å². The van der Waals surface area contributed by atoms with E-state index in [9.17, 15) is 4.79 Å². The number of benzene rings is 2. The molecule has 0 bridgehead atoms. The Morgan fingerprint density at radius 1 is 1.03 bits per heavy atom. The lowest BCUT2D eigenvalue weighted by molar-refractivity contribution is 0.0858. The van der Waals surface area contributed by atoms with E-state index < -0.39 is 0 Å². The molecule has 1 N–H and O–H groups in total. The molecule has 184 valence electrons. The molecule has 2 aliphatic rings. The van der Waals surface area contributed by atoms with Gasteiger partial charge in [0.1, 0.15) is 0 Å². The molecule has 1 aliphatic heterocycles. The second-order valence-corrected chi connectivity index (χ2v) is 10.1. The van der Waals surface area contributed by atoms with E-state index >= 15 is 0 Å².